The highest BCUT2D eigenvalue weighted by molar-refractivity contribution is 7.15. The number of hydrogen-bond donors (Lipinski definition) is 1. The van der Waals surface area contributed by atoms with Gasteiger partial charge >= 0.3 is 5.00 Å². The molecule has 1 aromatic rings. The highest BCUT2D eigenvalue weighted by atomic mass is 32.1. The Morgan fingerprint density at radius 1 is 1.47 bits per heavy atom. The highest BCUT2D eigenvalue weighted by Crippen LogP contribution is 2.30. The second-order valence-corrected chi connectivity index (χ2v) is 6.86. The summed E-state index contributed by atoms with van der Waals surface area (Å²) < 4.78 is 0. The maximum absolute atomic E-state index is 10.6. The van der Waals surface area contributed by atoms with Gasteiger partial charge in [-0.2, -0.15) is 0 Å². The predicted octanol–water partition coefficient (Wildman–Crippen LogP) is 2.48. The van der Waals surface area contributed by atoms with Gasteiger partial charge in [0.1, 0.15) is 0 Å². The molecule has 0 unspecified atom stereocenters. The summed E-state index contributed by atoms with van der Waals surface area (Å²) in [5.74, 6) is 0. The molecule has 5 nitrogen and oxygen atoms in total. The van der Waals surface area contributed by atoms with Crippen LogP contribution in [0, 0.1) is 15.5 Å². The molecule has 106 valence electrons. The Kier molecular flexibility index (Phi) is 4.54. The second-order valence-electron chi connectivity index (χ2n) is 5.71. The molecule has 2 rings (SSSR count). The van der Waals surface area contributed by atoms with Gasteiger partial charge in [0, 0.05) is 24.0 Å². The molecule has 0 amide bonds. The summed E-state index contributed by atoms with van der Waals surface area (Å²) in [4.78, 5) is 13.7. The van der Waals surface area contributed by atoms with Gasteiger partial charge in [-0.15, -0.1) is 0 Å². The van der Waals surface area contributed by atoms with Crippen molar-refractivity contribution in [3.05, 3.63) is 27.1 Å². The first-order valence-electron chi connectivity index (χ1n) is 6.61. The summed E-state index contributed by atoms with van der Waals surface area (Å²) in [6.07, 6.45) is 2.42. The summed E-state index contributed by atoms with van der Waals surface area (Å²) in [6.45, 7) is 6.34. The van der Waals surface area contributed by atoms with Gasteiger partial charge in [0.05, 0.1) is 4.92 Å². The number of nitrogens with zero attached hydrogens (tertiary/aromatic N) is 2. The monoisotopic (exact) mass is 283 g/mol. The molecule has 0 aromatic carbocycles. The SMILES string of the molecule is CN1CCC(C)(CNCc2ccc([N+](=O)[O-])s2)CC1. The van der Waals surface area contributed by atoms with Crippen LogP contribution in [0.3, 0.4) is 0 Å². The van der Waals surface area contributed by atoms with E-state index in [-0.39, 0.29) is 9.92 Å². The van der Waals surface area contributed by atoms with E-state index in [2.05, 4.69) is 24.2 Å². The Labute approximate surface area is 117 Å². The number of thiophene rings is 1. The molecule has 0 radical (unpaired) electrons. The van der Waals surface area contributed by atoms with Crippen molar-refractivity contribution in [2.45, 2.75) is 26.3 Å². The lowest BCUT2D eigenvalue weighted by Gasteiger charge is -2.38. The first-order chi connectivity index (χ1) is 8.98. The number of piperidine rings is 1. The van der Waals surface area contributed by atoms with E-state index in [9.17, 15) is 10.1 Å². The minimum absolute atomic E-state index is 0.224. The molecule has 6 heteroatoms. The summed E-state index contributed by atoms with van der Waals surface area (Å²) in [5.41, 5.74) is 0.357. The zero-order valence-electron chi connectivity index (χ0n) is 11.5. The zero-order chi connectivity index (χ0) is 13.9. The van der Waals surface area contributed by atoms with E-state index in [1.807, 2.05) is 6.07 Å². The Morgan fingerprint density at radius 2 is 2.16 bits per heavy atom. The van der Waals surface area contributed by atoms with Gasteiger partial charge in [-0.3, -0.25) is 10.1 Å². The summed E-state index contributed by atoms with van der Waals surface area (Å²) in [6, 6.07) is 3.42. The fourth-order valence-electron chi connectivity index (χ4n) is 2.38. The average Bonchev–Trinajstić information content (AvgIpc) is 2.82. The van der Waals surface area contributed by atoms with E-state index in [0.717, 1.165) is 31.1 Å². The summed E-state index contributed by atoms with van der Waals surface area (Å²) in [5, 5.41) is 14.3. The largest absolute Gasteiger partial charge is 0.324 e. The molecule has 1 aromatic heterocycles. The van der Waals surface area contributed by atoms with Gasteiger partial charge in [0.25, 0.3) is 0 Å². The maximum atomic E-state index is 10.6. The molecule has 1 fully saturated rings. The molecule has 0 atom stereocenters. The van der Waals surface area contributed by atoms with Gasteiger partial charge in [-0.1, -0.05) is 18.3 Å². The van der Waals surface area contributed by atoms with E-state index in [1.165, 1.54) is 24.2 Å². The van der Waals surface area contributed by atoms with Crippen LogP contribution in [0.5, 0.6) is 0 Å². The van der Waals surface area contributed by atoms with Crippen LogP contribution < -0.4 is 5.32 Å². The van der Waals surface area contributed by atoms with Crippen LogP contribution in [0.4, 0.5) is 5.00 Å². The van der Waals surface area contributed by atoms with Crippen LogP contribution in [0.15, 0.2) is 12.1 Å². The minimum Gasteiger partial charge on any atom is -0.311 e. The molecule has 0 saturated carbocycles. The van der Waals surface area contributed by atoms with Crippen molar-refractivity contribution in [2.75, 3.05) is 26.7 Å². The van der Waals surface area contributed by atoms with Crippen molar-refractivity contribution in [1.82, 2.24) is 10.2 Å². The molecule has 1 aliphatic heterocycles. The van der Waals surface area contributed by atoms with Crippen molar-refractivity contribution in [2.24, 2.45) is 5.41 Å². The van der Waals surface area contributed by atoms with Crippen molar-refractivity contribution in [1.29, 1.82) is 0 Å². The first kappa shape index (κ1) is 14.4. The van der Waals surface area contributed by atoms with Gasteiger partial charge in [0.15, 0.2) is 0 Å². The molecule has 1 aliphatic rings. The lowest BCUT2D eigenvalue weighted by atomic mass is 9.80. The van der Waals surface area contributed by atoms with Crippen LogP contribution in [0.2, 0.25) is 0 Å². The van der Waals surface area contributed by atoms with Gasteiger partial charge in [-0.05, 0) is 44.5 Å². The third kappa shape index (κ3) is 3.99. The predicted molar refractivity (Wildman–Crippen MR) is 77.5 cm³/mol. The molecule has 19 heavy (non-hydrogen) atoms. The van der Waals surface area contributed by atoms with E-state index < -0.39 is 0 Å². The van der Waals surface area contributed by atoms with Crippen LogP contribution in [0.25, 0.3) is 0 Å². The maximum Gasteiger partial charge on any atom is 0.324 e. The van der Waals surface area contributed by atoms with Crippen LogP contribution >= 0.6 is 11.3 Å². The number of likely N-dealkylation sites (tertiary alicyclic amines) is 1. The molecule has 1 saturated heterocycles. The van der Waals surface area contributed by atoms with Gasteiger partial charge in [-0.25, -0.2) is 0 Å². The highest BCUT2D eigenvalue weighted by Gasteiger charge is 2.28. The van der Waals surface area contributed by atoms with Crippen molar-refractivity contribution < 1.29 is 4.92 Å². The lowest BCUT2D eigenvalue weighted by molar-refractivity contribution is -0.380. The molecule has 1 N–H and O–H groups in total. The standard InChI is InChI=1S/C13H21N3O2S/c1-13(5-7-15(2)8-6-13)10-14-9-11-3-4-12(19-11)16(17)18/h3-4,14H,5-10H2,1-2H3. The summed E-state index contributed by atoms with van der Waals surface area (Å²) in [7, 11) is 2.16. The third-order valence-electron chi connectivity index (χ3n) is 3.87. The van der Waals surface area contributed by atoms with Crippen molar-refractivity contribution in [3.63, 3.8) is 0 Å². The Morgan fingerprint density at radius 3 is 2.74 bits per heavy atom. The third-order valence-corrected chi connectivity index (χ3v) is 4.91. The molecule has 2 heterocycles. The van der Waals surface area contributed by atoms with E-state index >= 15 is 0 Å². The molecular weight excluding hydrogens is 262 g/mol. The molecular formula is C13H21N3O2S. The minimum atomic E-state index is -0.327. The van der Waals surface area contributed by atoms with Crippen LogP contribution in [0.1, 0.15) is 24.6 Å². The fourth-order valence-corrected chi connectivity index (χ4v) is 3.17. The quantitative estimate of drug-likeness (QED) is 0.666. The number of nitro groups is 1. The Hall–Kier alpha value is -0.980. The van der Waals surface area contributed by atoms with Crippen molar-refractivity contribution in [3.8, 4) is 0 Å². The average molecular weight is 283 g/mol. The second kappa shape index (κ2) is 5.98. The zero-order valence-corrected chi connectivity index (χ0v) is 12.3. The first-order valence-corrected chi connectivity index (χ1v) is 7.43. The smallest absolute Gasteiger partial charge is 0.311 e. The Balaban J connectivity index is 1.78. The molecule has 0 aliphatic carbocycles. The van der Waals surface area contributed by atoms with E-state index in [0.29, 0.717) is 5.41 Å². The number of rotatable bonds is 5. The van der Waals surface area contributed by atoms with Gasteiger partial charge < -0.3 is 10.2 Å². The van der Waals surface area contributed by atoms with Crippen molar-refractivity contribution >= 4 is 16.3 Å². The number of nitrogens with one attached hydrogen (secondary N) is 1. The normalized spacial score (nSPS) is 19.5. The van der Waals surface area contributed by atoms with E-state index in [1.54, 1.807) is 6.07 Å². The molecule has 0 bridgehead atoms. The Bertz CT molecular complexity index is 439. The van der Waals surface area contributed by atoms with Gasteiger partial charge in [0.2, 0.25) is 0 Å². The number of hydrogen-bond acceptors (Lipinski definition) is 5. The molecule has 0 spiro atoms. The van der Waals surface area contributed by atoms with E-state index in [4.69, 9.17) is 0 Å². The lowest BCUT2D eigenvalue weighted by Crippen LogP contribution is -2.41. The fraction of sp³-hybridized carbons (Fsp3) is 0.692. The summed E-state index contributed by atoms with van der Waals surface area (Å²) >= 11 is 1.26. The topological polar surface area (TPSA) is 58.4 Å². The van der Waals surface area contributed by atoms with Crippen LogP contribution in [-0.2, 0) is 6.54 Å². The van der Waals surface area contributed by atoms with Crippen LogP contribution in [-0.4, -0.2) is 36.5 Å².